The van der Waals surface area contributed by atoms with E-state index in [2.05, 4.69) is 15.5 Å². The van der Waals surface area contributed by atoms with Crippen molar-refractivity contribution in [1.29, 1.82) is 0 Å². The van der Waals surface area contributed by atoms with Crippen molar-refractivity contribution in [3.63, 3.8) is 0 Å². The number of hydrogen-bond acceptors (Lipinski definition) is 9. The number of nitrogens with one attached hydrogen (secondary N) is 1. The summed E-state index contributed by atoms with van der Waals surface area (Å²) in [6.45, 7) is 0.469. The van der Waals surface area contributed by atoms with Crippen molar-refractivity contribution in [2.45, 2.75) is 25.4 Å². The van der Waals surface area contributed by atoms with Crippen LogP contribution in [0.3, 0.4) is 0 Å². The second-order valence-electron chi connectivity index (χ2n) is 6.46. The number of imide groups is 1. The number of hydrogen-bond donors (Lipinski definition) is 1. The molecule has 1 fully saturated rings. The number of anilines is 1. The molecule has 12 heteroatoms. The van der Waals surface area contributed by atoms with E-state index in [-0.39, 0.29) is 30.2 Å². The largest absolute Gasteiger partial charge is 0.371 e. The van der Waals surface area contributed by atoms with Gasteiger partial charge in [-0.1, -0.05) is 17.4 Å². The van der Waals surface area contributed by atoms with Crippen LogP contribution in [0.15, 0.2) is 18.2 Å². The highest BCUT2D eigenvalue weighted by Gasteiger charge is 2.40. The van der Waals surface area contributed by atoms with Crippen LogP contribution in [0, 0.1) is 10.1 Å². The summed E-state index contributed by atoms with van der Waals surface area (Å²) in [6, 6.07) is 3.87. The molecule has 0 spiro atoms. The molecule has 2 aliphatic heterocycles. The number of rotatable bonds is 6. The second-order valence-corrected chi connectivity index (χ2v) is 7.47. The van der Waals surface area contributed by atoms with Crippen molar-refractivity contribution >= 4 is 39.9 Å². The van der Waals surface area contributed by atoms with Crippen LogP contribution in [0.2, 0.25) is 0 Å². The highest BCUT2D eigenvalue weighted by molar-refractivity contribution is 7.15. The molecule has 1 aromatic carbocycles. The van der Waals surface area contributed by atoms with Crippen LogP contribution < -0.4 is 5.32 Å². The molecule has 29 heavy (non-hydrogen) atoms. The minimum absolute atomic E-state index is 0.0325. The summed E-state index contributed by atoms with van der Waals surface area (Å²) >= 11 is 1.21. The SMILES string of the molecule is O=C(CCN1C(=O)c2cccc([N+](=O)[O-])c2C1=O)Nc1nnc(C2CCCO2)s1. The van der Waals surface area contributed by atoms with Gasteiger partial charge in [-0.2, -0.15) is 0 Å². The predicted molar refractivity (Wildman–Crippen MR) is 99.5 cm³/mol. The van der Waals surface area contributed by atoms with Gasteiger partial charge in [0.15, 0.2) is 0 Å². The Bertz CT molecular complexity index is 1020. The first kappa shape index (κ1) is 19.1. The van der Waals surface area contributed by atoms with E-state index in [0.717, 1.165) is 17.7 Å². The average molecular weight is 417 g/mol. The Morgan fingerprint density at radius 2 is 2.17 bits per heavy atom. The Morgan fingerprint density at radius 1 is 1.34 bits per heavy atom. The van der Waals surface area contributed by atoms with Gasteiger partial charge >= 0.3 is 0 Å². The Kier molecular flexibility index (Phi) is 5.03. The van der Waals surface area contributed by atoms with Gasteiger partial charge < -0.3 is 10.1 Å². The number of nitro benzene ring substituents is 1. The Balaban J connectivity index is 1.38. The lowest BCUT2D eigenvalue weighted by Gasteiger charge is -2.12. The van der Waals surface area contributed by atoms with Crippen LogP contribution in [0.1, 0.15) is 51.1 Å². The molecule has 3 heterocycles. The van der Waals surface area contributed by atoms with Gasteiger partial charge in [-0.05, 0) is 18.9 Å². The van der Waals surface area contributed by atoms with Crippen molar-refractivity contribution < 1.29 is 24.0 Å². The van der Waals surface area contributed by atoms with Crippen LogP contribution in [0.5, 0.6) is 0 Å². The Morgan fingerprint density at radius 3 is 2.90 bits per heavy atom. The lowest BCUT2D eigenvalue weighted by molar-refractivity contribution is -0.385. The smallest absolute Gasteiger partial charge is 0.282 e. The van der Waals surface area contributed by atoms with Crippen LogP contribution in [-0.4, -0.2) is 50.9 Å². The van der Waals surface area contributed by atoms with Gasteiger partial charge in [-0.15, -0.1) is 10.2 Å². The third kappa shape index (κ3) is 3.59. The normalized spacial score (nSPS) is 18.2. The van der Waals surface area contributed by atoms with E-state index in [1.807, 2.05) is 0 Å². The highest BCUT2D eigenvalue weighted by atomic mass is 32.1. The van der Waals surface area contributed by atoms with Gasteiger partial charge in [-0.25, -0.2) is 0 Å². The minimum atomic E-state index is -0.776. The van der Waals surface area contributed by atoms with Crippen molar-refractivity contribution in [2.75, 3.05) is 18.5 Å². The number of aromatic nitrogens is 2. The number of ether oxygens (including phenoxy) is 1. The lowest BCUT2D eigenvalue weighted by Crippen LogP contribution is -2.33. The molecule has 2 aromatic rings. The van der Waals surface area contributed by atoms with E-state index < -0.39 is 28.3 Å². The van der Waals surface area contributed by atoms with Crippen LogP contribution in [0.4, 0.5) is 10.8 Å². The summed E-state index contributed by atoms with van der Waals surface area (Å²) in [7, 11) is 0. The van der Waals surface area contributed by atoms with Gasteiger partial charge in [0.25, 0.3) is 17.5 Å². The van der Waals surface area contributed by atoms with E-state index in [9.17, 15) is 24.5 Å². The zero-order valence-electron chi connectivity index (χ0n) is 15.0. The molecule has 0 bridgehead atoms. The number of nitro groups is 1. The molecule has 4 rings (SSSR count). The molecule has 0 radical (unpaired) electrons. The monoisotopic (exact) mass is 417 g/mol. The first-order valence-electron chi connectivity index (χ1n) is 8.84. The second kappa shape index (κ2) is 7.64. The quantitative estimate of drug-likeness (QED) is 0.426. The van der Waals surface area contributed by atoms with Gasteiger partial charge in [0.1, 0.15) is 16.7 Å². The number of carbonyl (C=O) groups is 3. The summed E-state index contributed by atoms with van der Waals surface area (Å²) < 4.78 is 5.52. The lowest BCUT2D eigenvalue weighted by atomic mass is 10.1. The minimum Gasteiger partial charge on any atom is -0.371 e. The zero-order valence-corrected chi connectivity index (χ0v) is 15.8. The van der Waals surface area contributed by atoms with E-state index in [1.54, 1.807) is 0 Å². The van der Waals surface area contributed by atoms with Gasteiger partial charge in [0.2, 0.25) is 11.0 Å². The number of benzene rings is 1. The molecule has 3 amide bonds. The fourth-order valence-corrected chi connectivity index (χ4v) is 4.10. The molecular formula is C17H15N5O6S. The van der Waals surface area contributed by atoms with E-state index in [0.29, 0.717) is 16.7 Å². The third-order valence-corrected chi connectivity index (χ3v) is 5.56. The van der Waals surface area contributed by atoms with Crippen LogP contribution in [0.25, 0.3) is 0 Å². The predicted octanol–water partition coefficient (Wildman–Crippen LogP) is 1.92. The summed E-state index contributed by atoms with van der Waals surface area (Å²) in [5, 5.41) is 22.6. The maximum atomic E-state index is 12.5. The molecule has 1 N–H and O–H groups in total. The maximum Gasteiger partial charge on any atom is 0.282 e. The van der Waals surface area contributed by atoms with E-state index in [1.165, 1.54) is 29.5 Å². The molecule has 0 saturated carbocycles. The van der Waals surface area contributed by atoms with E-state index in [4.69, 9.17) is 4.74 Å². The number of amides is 3. The molecule has 1 atom stereocenters. The summed E-state index contributed by atoms with van der Waals surface area (Å²) in [5.74, 6) is -1.88. The Hall–Kier alpha value is -3.25. The molecule has 1 unspecified atom stereocenters. The first-order valence-corrected chi connectivity index (χ1v) is 9.66. The molecule has 2 aliphatic rings. The van der Waals surface area contributed by atoms with Crippen molar-refractivity contribution in [2.24, 2.45) is 0 Å². The fraction of sp³-hybridized carbons (Fsp3) is 0.353. The maximum absolute atomic E-state index is 12.5. The number of nitrogens with zero attached hydrogens (tertiary/aromatic N) is 4. The third-order valence-electron chi connectivity index (χ3n) is 4.63. The van der Waals surface area contributed by atoms with Crippen molar-refractivity contribution in [3.05, 3.63) is 44.4 Å². The molecular weight excluding hydrogens is 402 g/mol. The topological polar surface area (TPSA) is 145 Å². The van der Waals surface area contributed by atoms with Gasteiger partial charge in [0.05, 0.1) is 10.5 Å². The summed E-state index contributed by atoms with van der Waals surface area (Å²) in [6.07, 6.45) is 1.53. The van der Waals surface area contributed by atoms with E-state index >= 15 is 0 Å². The fourth-order valence-electron chi connectivity index (χ4n) is 3.25. The summed E-state index contributed by atoms with van der Waals surface area (Å²) in [4.78, 5) is 48.4. The Labute approximate surface area is 167 Å². The van der Waals surface area contributed by atoms with Crippen molar-refractivity contribution in [1.82, 2.24) is 15.1 Å². The van der Waals surface area contributed by atoms with Crippen molar-refractivity contribution in [3.8, 4) is 0 Å². The molecule has 1 aromatic heterocycles. The molecule has 11 nitrogen and oxygen atoms in total. The van der Waals surface area contributed by atoms with Gasteiger partial charge in [-0.3, -0.25) is 29.4 Å². The first-order chi connectivity index (χ1) is 14.0. The molecule has 1 saturated heterocycles. The standard InChI is InChI=1S/C17H15N5O6S/c23-12(18-17-20-19-14(29-17)11-5-2-8-28-11)6-7-21-15(24)9-3-1-4-10(22(26)27)13(9)16(21)25/h1,3-4,11H,2,5-8H2,(H,18,20,23). The van der Waals surface area contributed by atoms with Gasteiger partial charge in [0, 0.05) is 25.6 Å². The highest BCUT2D eigenvalue weighted by Crippen LogP contribution is 2.32. The van der Waals surface area contributed by atoms with Crippen LogP contribution >= 0.6 is 11.3 Å². The number of fused-ring (bicyclic) bond motifs is 1. The molecule has 0 aliphatic carbocycles. The zero-order chi connectivity index (χ0) is 20.5. The summed E-state index contributed by atoms with van der Waals surface area (Å²) in [5.41, 5.74) is -0.702. The average Bonchev–Trinajstić information content (AvgIpc) is 3.42. The number of carbonyl (C=O) groups excluding carboxylic acids is 3. The van der Waals surface area contributed by atoms with Crippen LogP contribution in [-0.2, 0) is 9.53 Å². The molecule has 150 valence electrons.